The summed E-state index contributed by atoms with van der Waals surface area (Å²) in [6.45, 7) is 3.38. The minimum atomic E-state index is -0.0966. The number of benzene rings is 1. The van der Waals surface area contributed by atoms with E-state index in [1.54, 1.807) is 23.6 Å². The fourth-order valence-corrected chi connectivity index (χ4v) is 3.97. The summed E-state index contributed by atoms with van der Waals surface area (Å²) in [5.41, 5.74) is 1.62. The Morgan fingerprint density at radius 3 is 2.88 bits per heavy atom. The fourth-order valence-electron chi connectivity index (χ4n) is 3.01. The summed E-state index contributed by atoms with van der Waals surface area (Å²) in [6.07, 6.45) is 2.45. The van der Waals surface area contributed by atoms with Gasteiger partial charge in [-0.3, -0.25) is 4.79 Å². The van der Waals surface area contributed by atoms with Crippen molar-refractivity contribution < 1.29 is 9.53 Å². The molecular formula is C19H20N4O2S. The molecule has 0 aliphatic carbocycles. The van der Waals surface area contributed by atoms with Gasteiger partial charge in [0.2, 0.25) is 0 Å². The first kappa shape index (κ1) is 16.9. The lowest BCUT2D eigenvalue weighted by molar-refractivity contribution is 0.0952. The number of pyridine rings is 1. The summed E-state index contributed by atoms with van der Waals surface area (Å²) in [5.74, 6) is 0.633. The van der Waals surface area contributed by atoms with Crippen molar-refractivity contribution in [1.82, 2.24) is 15.3 Å². The van der Waals surface area contributed by atoms with Gasteiger partial charge < -0.3 is 15.0 Å². The number of thiazole rings is 1. The highest BCUT2D eigenvalue weighted by molar-refractivity contribution is 7.18. The van der Waals surface area contributed by atoms with E-state index in [9.17, 15) is 4.79 Å². The number of rotatable bonds is 5. The summed E-state index contributed by atoms with van der Waals surface area (Å²) in [4.78, 5) is 23.8. The van der Waals surface area contributed by atoms with Gasteiger partial charge in [0.15, 0.2) is 0 Å². The van der Waals surface area contributed by atoms with Crippen LogP contribution in [-0.4, -0.2) is 48.7 Å². The van der Waals surface area contributed by atoms with E-state index in [-0.39, 0.29) is 5.91 Å². The van der Waals surface area contributed by atoms with Crippen molar-refractivity contribution in [2.24, 2.45) is 0 Å². The van der Waals surface area contributed by atoms with Crippen LogP contribution in [-0.2, 0) is 11.2 Å². The summed E-state index contributed by atoms with van der Waals surface area (Å²) in [7, 11) is 0. The first-order valence-corrected chi connectivity index (χ1v) is 9.53. The zero-order valence-electron chi connectivity index (χ0n) is 14.4. The van der Waals surface area contributed by atoms with Gasteiger partial charge in [0.05, 0.1) is 34.0 Å². The molecule has 7 heteroatoms. The maximum atomic E-state index is 12.6. The van der Waals surface area contributed by atoms with E-state index in [1.165, 1.54) is 4.70 Å². The van der Waals surface area contributed by atoms with Crippen LogP contribution in [0.1, 0.15) is 15.4 Å². The van der Waals surface area contributed by atoms with E-state index in [1.807, 2.05) is 24.3 Å². The van der Waals surface area contributed by atoms with Crippen molar-refractivity contribution in [1.29, 1.82) is 0 Å². The lowest BCUT2D eigenvalue weighted by Gasteiger charge is -2.29. The zero-order valence-corrected chi connectivity index (χ0v) is 15.2. The van der Waals surface area contributed by atoms with Crippen LogP contribution in [0, 0.1) is 0 Å². The number of fused-ring (bicyclic) bond motifs is 1. The molecule has 1 aromatic carbocycles. The molecule has 3 heterocycles. The highest BCUT2D eigenvalue weighted by Gasteiger charge is 2.19. The van der Waals surface area contributed by atoms with Crippen LogP contribution in [0.25, 0.3) is 10.2 Å². The van der Waals surface area contributed by atoms with Crippen molar-refractivity contribution in [2.45, 2.75) is 6.42 Å². The van der Waals surface area contributed by atoms with Gasteiger partial charge >= 0.3 is 0 Å². The third-order valence-electron chi connectivity index (χ3n) is 4.30. The van der Waals surface area contributed by atoms with Crippen molar-refractivity contribution >= 4 is 33.3 Å². The van der Waals surface area contributed by atoms with Crippen LogP contribution in [0.15, 0.2) is 42.6 Å². The zero-order chi connectivity index (χ0) is 17.8. The third kappa shape index (κ3) is 3.68. The minimum absolute atomic E-state index is 0.0966. The predicted molar refractivity (Wildman–Crippen MR) is 103 cm³/mol. The number of ether oxygens (including phenoxy) is 1. The van der Waals surface area contributed by atoms with Crippen LogP contribution in [0.2, 0.25) is 0 Å². The van der Waals surface area contributed by atoms with Crippen LogP contribution >= 0.6 is 11.3 Å². The molecule has 26 heavy (non-hydrogen) atoms. The molecule has 3 aromatic rings. The molecule has 1 amide bonds. The Bertz CT molecular complexity index is 872. The van der Waals surface area contributed by atoms with Gasteiger partial charge in [0.25, 0.3) is 5.91 Å². The van der Waals surface area contributed by atoms with Gasteiger partial charge in [0.1, 0.15) is 5.82 Å². The maximum absolute atomic E-state index is 12.6. The number of aromatic nitrogens is 2. The molecule has 6 nitrogen and oxygen atoms in total. The molecule has 1 N–H and O–H groups in total. The van der Waals surface area contributed by atoms with Gasteiger partial charge in [-0.2, -0.15) is 0 Å². The Morgan fingerprint density at radius 1 is 1.19 bits per heavy atom. The maximum Gasteiger partial charge on any atom is 0.255 e. The van der Waals surface area contributed by atoms with Gasteiger partial charge in [-0.25, -0.2) is 9.97 Å². The van der Waals surface area contributed by atoms with E-state index in [0.717, 1.165) is 35.9 Å². The predicted octanol–water partition coefficient (Wildman–Crippen LogP) is 2.50. The number of carbonyl (C=O) groups is 1. The Balaban J connectivity index is 1.40. The Hall–Kier alpha value is -2.51. The number of carbonyl (C=O) groups excluding carboxylic acids is 1. The summed E-state index contributed by atoms with van der Waals surface area (Å²) in [6, 6.07) is 11.7. The van der Waals surface area contributed by atoms with Crippen LogP contribution < -0.4 is 10.2 Å². The molecule has 1 saturated heterocycles. The molecule has 0 unspecified atom stereocenters. The smallest absolute Gasteiger partial charge is 0.255 e. The summed E-state index contributed by atoms with van der Waals surface area (Å²) in [5, 5.41) is 4.03. The molecule has 4 rings (SSSR count). The van der Waals surface area contributed by atoms with Crippen molar-refractivity contribution in [3.8, 4) is 0 Å². The monoisotopic (exact) mass is 368 g/mol. The average Bonchev–Trinajstić information content (AvgIpc) is 3.11. The molecule has 1 fully saturated rings. The van der Waals surface area contributed by atoms with Crippen molar-refractivity contribution in [2.75, 3.05) is 37.7 Å². The Kier molecular flexibility index (Phi) is 5.08. The van der Waals surface area contributed by atoms with E-state index in [0.29, 0.717) is 25.3 Å². The molecule has 0 bridgehead atoms. The van der Waals surface area contributed by atoms with Gasteiger partial charge in [-0.1, -0.05) is 12.1 Å². The summed E-state index contributed by atoms with van der Waals surface area (Å²) >= 11 is 1.67. The number of hydrogen-bond acceptors (Lipinski definition) is 6. The molecule has 0 radical (unpaired) electrons. The molecule has 134 valence electrons. The van der Waals surface area contributed by atoms with Gasteiger partial charge in [0, 0.05) is 32.3 Å². The summed E-state index contributed by atoms with van der Waals surface area (Å²) < 4.78 is 6.56. The van der Waals surface area contributed by atoms with Crippen molar-refractivity contribution in [3.05, 3.63) is 53.2 Å². The number of hydrogen-bond donors (Lipinski definition) is 1. The number of anilines is 1. The second-order valence-electron chi connectivity index (χ2n) is 6.06. The Labute approximate surface area is 155 Å². The molecule has 0 saturated carbocycles. The largest absolute Gasteiger partial charge is 0.378 e. The highest BCUT2D eigenvalue weighted by Crippen LogP contribution is 2.22. The molecular weight excluding hydrogens is 348 g/mol. The van der Waals surface area contributed by atoms with E-state index < -0.39 is 0 Å². The average molecular weight is 368 g/mol. The quantitative estimate of drug-likeness (QED) is 0.749. The number of nitrogens with one attached hydrogen (secondary N) is 1. The first-order valence-electron chi connectivity index (χ1n) is 8.71. The highest BCUT2D eigenvalue weighted by atomic mass is 32.1. The second-order valence-corrected chi connectivity index (χ2v) is 7.17. The van der Waals surface area contributed by atoms with E-state index in [2.05, 4.69) is 26.3 Å². The minimum Gasteiger partial charge on any atom is -0.378 e. The molecule has 0 atom stereocenters. The van der Waals surface area contributed by atoms with E-state index >= 15 is 0 Å². The third-order valence-corrected chi connectivity index (χ3v) is 5.40. The number of morpholine rings is 1. The van der Waals surface area contributed by atoms with E-state index in [4.69, 9.17) is 4.74 Å². The SMILES string of the molecule is O=C(NCCc1nc2ccccc2s1)c1cccnc1N1CCOCC1. The van der Waals surface area contributed by atoms with Gasteiger partial charge in [-0.15, -0.1) is 11.3 Å². The number of amides is 1. The molecule has 2 aromatic heterocycles. The van der Waals surface area contributed by atoms with Crippen LogP contribution in [0.4, 0.5) is 5.82 Å². The van der Waals surface area contributed by atoms with Crippen LogP contribution in [0.3, 0.4) is 0 Å². The lowest BCUT2D eigenvalue weighted by atomic mass is 10.2. The lowest BCUT2D eigenvalue weighted by Crippen LogP contribution is -2.38. The van der Waals surface area contributed by atoms with Gasteiger partial charge in [-0.05, 0) is 24.3 Å². The second kappa shape index (κ2) is 7.80. The molecule has 1 aliphatic rings. The standard InChI is InChI=1S/C19H20N4O2S/c24-19(14-4-3-8-20-18(14)23-10-12-25-13-11-23)21-9-7-17-22-15-5-1-2-6-16(15)26-17/h1-6,8H,7,9-13H2,(H,21,24). The molecule has 1 aliphatic heterocycles. The Morgan fingerprint density at radius 2 is 2.04 bits per heavy atom. The number of nitrogens with zero attached hydrogens (tertiary/aromatic N) is 3. The fraction of sp³-hybridized carbons (Fsp3) is 0.316. The normalized spacial score (nSPS) is 14.5. The van der Waals surface area contributed by atoms with Crippen LogP contribution in [0.5, 0.6) is 0 Å². The first-order chi connectivity index (χ1) is 12.8. The number of para-hydroxylation sites is 1. The topological polar surface area (TPSA) is 67.4 Å². The molecule has 0 spiro atoms. The van der Waals surface area contributed by atoms with Crippen molar-refractivity contribution in [3.63, 3.8) is 0 Å².